The number of rotatable bonds is 3. The van der Waals surface area contributed by atoms with Crippen LogP contribution in [0.2, 0.25) is 0 Å². The first-order valence-electron chi connectivity index (χ1n) is 9.65. The van der Waals surface area contributed by atoms with Crippen molar-refractivity contribution in [3.8, 4) is 11.3 Å². The predicted octanol–water partition coefficient (Wildman–Crippen LogP) is 1.76. The van der Waals surface area contributed by atoms with E-state index in [1.807, 2.05) is 30.3 Å². The highest BCUT2D eigenvalue weighted by atomic mass is 16.5. The van der Waals surface area contributed by atoms with Crippen LogP contribution in [0.4, 0.5) is 11.6 Å². The van der Waals surface area contributed by atoms with Crippen molar-refractivity contribution in [2.24, 2.45) is 0 Å². The van der Waals surface area contributed by atoms with Crippen LogP contribution in [0.3, 0.4) is 0 Å². The van der Waals surface area contributed by atoms with Gasteiger partial charge >= 0.3 is 0 Å². The van der Waals surface area contributed by atoms with Crippen molar-refractivity contribution >= 4 is 22.5 Å². The minimum Gasteiger partial charge on any atom is -0.378 e. The molecule has 8 heteroatoms. The van der Waals surface area contributed by atoms with E-state index in [4.69, 9.17) is 9.47 Å². The lowest BCUT2D eigenvalue weighted by Crippen LogP contribution is -2.38. The van der Waals surface area contributed by atoms with E-state index in [2.05, 4.69) is 36.3 Å². The molecule has 0 saturated carbocycles. The zero-order valence-corrected chi connectivity index (χ0v) is 15.6. The Kier molecular flexibility index (Phi) is 4.72. The van der Waals surface area contributed by atoms with Crippen LogP contribution < -0.4 is 9.80 Å². The van der Waals surface area contributed by atoms with E-state index < -0.39 is 0 Å². The Morgan fingerprint density at radius 3 is 1.96 bits per heavy atom. The summed E-state index contributed by atoms with van der Waals surface area (Å²) in [4.78, 5) is 4.40. The molecule has 144 valence electrons. The number of benzene rings is 1. The van der Waals surface area contributed by atoms with Crippen LogP contribution in [-0.2, 0) is 9.47 Å². The first-order valence-corrected chi connectivity index (χ1v) is 9.65. The molecule has 2 fully saturated rings. The molecule has 0 unspecified atom stereocenters. The number of hydrogen-bond acceptors (Lipinski definition) is 8. The zero-order chi connectivity index (χ0) is 18.8. The van der Waals surface area contributed by atoms with Crippen molar-refractivity contribution in [3.63, 3.8) is 0 Å². The Morgan fingerprint density at radius 1 is 0.679 bits per heavy atom. The summed E-state index contributed by atoms with van der Waals surface area (Å²) in [5, 5.41) is 19.2. The van der Waals surface area contributed by atoms with E-state index in [-0.39, 0.29) is 0 Å². The summed E-state index contributed by atoms with van der Waals surface area (Å²) < 4.78 is 11.0. The van der Waals surface area contributed by atoms with Gasteiger partial charge in [0.1, 0.15) is 5.52 Å². The molecule has 28 heavy (non-hydrogen) atoms. The van der Waals surface area contributed by atoms with Gasteiger partial charge in [-0.3, -0.25) is 0 Å². The van der Waals surface area contributed by atoms with Gasteiger partial charge in [0, 0.05) is 31.7 Å². The first-order chi connectivity index (χ1) is 13.9. The van der Waals surface area contributed by atoms with Crippen LogP contribution in [0, 0.1) is 0 Å². The molecule has 2 aromatic heterocycles. The summed E-state index contributed by atoms with van der Waals surface area (Å²) in [5.74, 6) is 1.63. The SMILES string of the molecule is c1ccc(-c2cc3c(N4CCOCC4)nnc(N4CCOCC4)c3nn2)cc1. The van der Waals surface area contributed by atoms with Crippen molar-refractivity contribution < 1.29 is 9.47 Å². The fourth-order valence-electron chi connectivity index (χ4n) is 3.67. The van der Waals surface area contributed by atoms with Gasteiger partial charge in [-0.2, -0.15) is 0 Å². The number of hydrogen-bond donors (Lipinski definition) is 0. The Bertz CT molecular complexity index is 956. The van der Waals surface area contributed by atoms with Crippen molar-refractivity contribution in [1.82, 2.24) is 20.4 Å². The van der Waals surface area contributed by atoms with Crippen LogP contribution in [0.25, 0.3) is 22.2 Å². The van der Waals surface area contributed by atoms with Crippen molar-refractivity contribution in [1.29, 1.82) is 0 Å². The molecule has 0 N–H and O–H groups in total. The summed E-state index contributed by atoms with van der Waals surface area (Å²) in [7, 11) is 0. The highest BCUT2D eigenvalue weighted by molar-refractivity contribution is 5.97. The summed E-state index contributed by atoms with van der Waals surface area (Å²) in [6, 6.07) is 12.2. The molecule has 4 heterocycles. The number of anilines is 2. The third-order valence-electron chi connectivity index (χ3n) is 5.18. The molecular weight excluding hydrogens is 356 g/mol. The molecule has 2 aliphatic heterocycles. The van der Waals surface area contributed by atoms with Crippen LogP contribution in [0.1, 0.15) is 0 Å². The normalized spacial score (nSPS) is 17.9. The van der Waals surface area contributed by atoms with E-state index in [9.17, 15) is 0 Å². The Labute approximate surface area is 163 Å². The highest BCUT2D eigenvalue weighted by Gasteiger charge is 2.23. The van der Waals surface area contributed by atoms with E-state index >= 15 is 0 Å². The number of aromatic nitrogens is 4. The largest absolute Gasteiger partial charge is 0.378 e. The van der Waals surface area contributed by atoms with Gasteiger partial charge in [-0.15, -0.1) is 20.4 Å². The summed E-state index contributed by atoms with van der Waals surface area (Å²) in [6.45, 7) is 5.91. The smallest absolute Gasteiger partial charge is 0.180 e. The molecule has 0 spiro atoms. The molecule has 0 amide bonds. The molecule has 0 atom stereocenters. The second-order valence-electron chi connectivity index (χ2n) is 6.90. The molecule has 2 aliphatic rings. The van der Waals surface area contributed by atoms with E-state index in [0.717, 1.165) is 60.0 Å². The maximum atomic E-state index is 5.51. The Balaban J connectivity index is 1.65. The lowest BCUT2D eigenvalue weighted by molar-refractivity contribution is 0.122. The van der Waals surface area contributed by atoms with Crippen LogP contribution in [0.15, 0.2) is 36.4 Å². The lowest BCUT2D eigenvalue weighted by atomic mass is 10.1. The van der Waals surface area contributed by atoms with Gasteiger partial charge in [-0.25, -0.2) is 0 Å². The molecule has 1 aromatic carbocycles. The first kappa shape index (κ1) is 17.3. The van der Waals surface area contributed by atoms with Gasteiger partial charge in [0.15, 0.2) is 11.6 Å². The average Bonchev–Trinajstić information content (AvgIpc) is 2.80. The van der Waals surface area contributed by atoms with Crippen LogP contribution in [-0.4, -0.2) is 73.0 Å². The van der Waals surface area contributed by atoms with Gasteiger partial charge < -0.3 is 19.3 Å². The van der Waals surface area contributed by atoms with Crippen molar-refractivity contribution in [3.05, 3.63) is 36.4 Å². The minimum absolute atomic E-state index is 0.684. The Morgan fingerprint density at radius 2 is 1.29 bits per heavy atom. The predicted molar refractivity (Wildman–Crippen MR) is 107 cm³/mol. The van der Waals surface area contributed by atoms with Crippen molar-refractivity contribution in [2.45, 2.75) is 0 Å². The van der Waals surface area contributed by atoms with E-state index in [1.165, 1.54) is 0 Å². The maximum Gasteiger partial charge on any atom is 0.180 e. The molecule has 5 rings (SSSR count). The average molecular weight is 378 g/mol. The summed E-state index contributed by atoms with van der Waals surface area (Å²) in [6.07, 6.45) is 0. The fraction of sp³-hybridized carbons (Fsp3) is 0.400. The van der Waals surface area contributed by atoms with Gasteiger partial charge in [0.25, 0.3) is 0 Å². The number of ether oxygens (including phenoxy) is 2. The standard InChI is InChI=1S/C20H22N6O2/c1-2-4-15(5-3-1)17-14-16-18(22-21-17)20(26-8-12-28-13-9-26)24-23-19(16)25-6-10-27-11-7-25/h1-5,14H,6-13H2. The quantitative estimate of drug-likeness (QED) is 0.682. The third-order valence-corrected chi connectivity index (χ3v) is 5.18. The molecule has 3 aromatic rings. The molecule has 0 radical (unpaired) electrons. The number of fused-ring (bicyclic) bond motifs is 1. The van der Waals surface area contributed by atoms with Crippen LogP contribution in [0.5, 0.6) is 0 Å². The van der Waals surface area contributed by atoms with E-state index in [1.54, 1.807) is 0 Å². The van der Waals surface area contributed by atoms with Gasteiger partial charge in [0.05, 0.1) is 37.5 Å². The molecular formula is C20H22N6O2. The second kappa shape index (κ2) is 7.65. The topological polar surface area (TPSA) is 76.5 Å². The second-order valence-corrected chi connectivity index (χ2v) is 6.90. The fourth-order valence-corrected chi connectivity index (χ4v) is 3.67. The number of morpholine rings is 2. The van der Waals surface area contributed by atoms with Crippen LogP contribution >= 0.6 is 0 Å². The summed E-state index contributed by atoms with van der Waals surface area (Å²) >= 11 is 0. The monoisotopic (exact) mass is 378 g/mol. The lowest BCUT2D eigenvalue weighted by Gasteiger charge is -2.30. The van der Waals surface area contributed by atoms with Gasteiger partial charge in [-0.05, 0) is 6.07 Å². The zero-order valence-electron chi connectivity index (χ0n) is 15.6. The van der Waals surface area contributed by atoms with Gasteiger partial charge in [0.2, 0.25) is 0 Å². The minimum atomic E-state index is 0.684. The molecule has 8 nitrogen and oxygen atoms in total. The van der Waals surface area contributed by atoms with Crippen molar-refractivity contribution in [2.75, 3.05) is 62.4 Å². The Hall–Kier alpha value is -2.84. The third kappa shape index (κ3) is 3.25. The molecule has 0 bridgehead atoms. The molecule has 0 aliphatic carbocycles. The van der Waals surface area contributed by atoms with Gasteiger partial charge in [-0.1, -0.05) is 30.3 Å². The summed E-state index contributed by atoms with van der Waals surface area (Å²) in [5.41, 5.74) is 2.66. The maximum absolute atomic E-state index is 5.51. The van der Waals surface area contributed by atoms with E-state index in [0.29, 0.717) is 26.4 Å². The molecule has 2 saturated heterocycles. The highest BCUT2D eigenvalue weighted by Crippen LogP contribution is 2.31. The number of nitrogens with zero attached hydrogens (tertiary/aromatic N) is 6.